The summed E-state index contributed by atoms with van der Waals surface area (Å²) in [6.45, 7) is 3.52. The van der Waals surface area contributed by atoms with Gasteiger partial charge in [-0.3, -0.25) is 9.59 Å². The van der Waals surface area contributed by atoms with Crippen molar-refractivity contribution in [3.05, 3.63) is 0 Å². The third kappa shape index (κ3) is 4.58. The molecule has 0 aliphatic rings. The summed E-state index contributed by atoms with van der Waals surface area (Å²) in [5.74, 6) is -0.287. The van der Waals surface area contributed by atoms with Gasteiger partial charge in [0.05, 0.1) is 12.4 Å². The number of carbonyl (C=O) groups excluding carboxylic acids is 2. The normalized spacial score (nSPS) is 9.88. The summed E-state index contributed by atoms with van der Waals surface area (Å²) in [6.07, 6.45) is 0. The number of amides is 1. The maximum atomic E-state index is 11.0. The number of rotatable bonds is 5. The van der Waals surface area contributed by atoms with Crippen molar-refractivity contribution in [3.8, 4) is 0 Å². The zero-order chi connectivity index (χ0) is 12.0. The molecule has 0 aliphatic carbocycles. The van der Waals surface area contributed by atoms with E-state index < -0.39 is 0 Å². The third-order valence-electron chi connectivity index (χ3n) is 1.31. The van der Waals surface area contributed by atoms with Crippen LogP contribution in [0.2, 0.25) is 0 Å². The largest absolute Gasteiger partial charge is 0.465 e. The first-order chi connectivity index (χ1) is 7.61. The lowest BCUT2D eigenvalue weighted by Gasteiger charge is -1.98. The molecule has 1 N–H and O–H groups in total. The zero-order valence-electron chi connectivity index (χ0n) is 8.85. The van der Waals surface area contributed by atoms with E-state index in [0.29, 0.717) is 16.1 Å². The molecule has 0 aromatic carbocycles. The third-order valence-corrected chi connectivity index (χ3v) is 3.25. The molecule has 1 aromatic heterocycles. The van der Waals surface area contributed by atoms with Crippen LogP contribution in [0.4, 0.5) is 5.13 Å². The quantitative estimate of drug-likeness (QED) is 0.486. The van der Waals surface area contributed by atoms with Crippen molar-refractivity contribution in [2.75, 3.05) is 17.7 Å². The van der Waals surface area contributed by atoms with Gasteiger partial charge in [0.1, 0.15) is 0 Å². The van der Waals surface area contributed by atoms with Gasteiger partial charge in [0, 0.05) is 6.92 Å². The number of carbonyl (C=O) groups is 2. The number of hydrogen-bond acceptors (Lipinski definition) is 7. The minimum absolute atomic E-state index is 0.196. The van der Waals surface area contributed by atoms with E-state index in [1.54, 1.807) is 6.92 Å². The van der Waals surface area contributed by atoms with Gasteiger partial charge < -0.3 is 10.1 Å². The highest BCUT2D eigenvalue weighted by Crippen LogP contribution is 2.25. The second-order valence-electron chi connectivity index (χ2n) is 2.65. The lowest BCUT2D eigenvalue weighted by molar-refractivity contribution is -0.139. The predicted octanol–water partition coefficient (Wildman–Crippen LogP) is 1.15. The van der Waals surface area contributed by atoms with Gasteiger partial charge in [0.25, 0.3) is 0 Å². The fourth-order valence-corrected chi connectivity index (χ4v) is 2.39. The number of aromatic nitrogens is 2. The summed E-state index contributed by atoms with van der Waals surface area (Å²) in [5.41, 5.74) is 0. The Morgan fingerprint density at radius 3 is 2.88 bits per heavy atom. The molecule has 0 unspecified atom stereocenters. The van der Waals surface area contributed by atoms with Gasteiger partial charge in [0.2, 0.25) is 11.0 Å². The molecule has 1 rings (SSSR count). The molecule has 8 heteroatoms. The van der Waals surface area contributed by atoms with E-state index >= 15 is 0 Å². The zero-order valence-corrected chi connectivity index (χ0v) is 10.5. The average molecular weight is 261 g/mol. The molecule has 0 saturated carbocycles. The van der Waals surface area contributed by atoms with Crippen molar-refractivity contribution in [1.29, 1.82) is 0 Å². The number of esters is 1. The van der Waals surface area contributed by atoms with E-state index in [9.17, 15) is 9.59 Å². The summed E-state index contributed by atoms with van der Waals surface area (Å²) in [6, 6.07) is 0. The van der Waals surface area contributed by atoms with Gasteiger partial charge in [-0.25, -0.2) is 0 Å². The Labute approximate surface area is 101 Å². The second-order valence-corrected chi connectivity index (χ2v) is 4.85. The Kier molecular flexibility index (Phi) is 5.20. The first-order valence-electron chi connectivity index (χ1n) is 4.51. The van der Waals surface area contributed by atoms with E-state index in [0.717, 1.165) is 0 Å². The maximum absolute atomic E-state index is 11.0. The van der Waals surface area contributed by atoms with Crippen LogP contribution in [-0.2, 0) is 14.3 Å². The van der Waals surface area contributed by atoms with Crippen molar-refractivity contribution >= 4 is 40.1 Å². The standard InChI is InChI=1S/C8H11N3O3S2/c1-3-14-6(13)4-15-8-11-10-7(16-8)9-5(2)12/h3-4H2,1-2H3,(H,9,10,12). The summed E-state index contributed by atoms with van der Waals surface area (Å²) < 4.78 is 5.38. The first kappa shape index (κ1) is 12.9. The van der Waals surface area contributed by atoms with Crippen molar-refractivity contribution in [1.82, 2.24) is 10.2 Å². The number of anilines is 1. The summed E-state index contributed by atoms with van der Waals surface area (Å²) in [7, 11) is 0. The molecule has 1 aromatic rings. The smallest absolute Gasteiger partial charge is 0.316 e. The molecule has 16 heavy (non-hydrogen) atoms. The van der Waals surface area contributed by atoms with Crippen LogP contribution < -0.4 is 5.32 Å². The number of nitrogens with zero attached hydrogens (tertiary/aromatic N) is 2. The van der Waals surface area contributed by atoms with Crippen LogP contribution in [0.3, 0.4) is 0 Å². The molecule has 0 saturated heterocycles. The van der Waals surface area contributed by atoms with Crippen LogP contribution in [0.1, 0.15) is 13.8 Å². The van der Waals surface area contributed by atoms with Crippen LogP contribution in [0.5, 0.6) is 0 Å². The van der Waals surface area contributed by atoms with Crippen LogP contribution in [-0.4, -0.2) is 34.4 Å². The minimum Gasteiger partial charge on any atom is -0.465 e. The van der Waals surface area contributed by atoms with Gasteiger partial charge in [0.15, 0.2) is 4.34 Å². The Morgan fingerprint density at radius 2 is 2.25 bits per heavy atom. The molecule has 0 bridgehead atoms. The Hall–Kier alpha value is -1.15. The van der Waals surface area contributed by atoms with Crippen LogP contribution in [0, 0.1) is 0 Å². The van der Waals surface area contributed by atoms with Crippen molar-refractivity contribution in [2.45, 2.75) is 18.2 Å². The number of nitrogens with one attached hydrogen (secondary N) is 1. The molecule has 6 nitrogen and oxygen atoms in total. The lowest BCUT2D eigenvalue weighted by Crippen LogP contribution is -2.06. The fraction of sp³-hybridized carbons (Fsp3) is 0.500. The molecule has 0 aliphatic heterocycles. The van der Waals surface area contributed by atoms with Crippen LogP contribution in [0.15, 0.2) is 4.34 Å². The summed E-state index contributed by atoms with van der Waals surface area (Å²) in [4.78, 5) is 21.8. The number of thioether (sulfide) groups is 1. The Balaban J connectivity index is 2.40. The average Bonchev–Trinajstić information content (AvgIpc) is 2.62. The molecule has 1 heterocycles. The predicted molar refractivity (Wildman–Crippen MR) is 61.6 cm³/mol. The van der Waals surface area contributed by atoms with Crippen LogP contribution in [0.25, 0.3) is 0 Å². The molecular formula is C8H11N3O3S2. The van der Waals surface area contributed by atoms with E-state index in [1.807, 2.05) is 0 Å². The minimum atomic E-state index is -0.288. The van der Waals surface area contributed by atoms with E-state index in [4.69, 9.17) is 4.74 Å². The molecular weight excluding hydrogens is 250 g/mol. The molecule has 88 valence electrons. The molecule has 0 radical (unpaired) electrons. The Morgan fingerprint density at radius 1 is 1.50 bits per heavy atom. The monoisotopic (exact) mass is 261 g/mol. The number of ether oxygens (including phenoxy) is 1. The Bertz CT molecular complexity index is 380. The van der Waals surface area contributed by atoms with Crippen molar-refractivity contribution in [3.63, 3.8) is 0 Å². The van der Waals surface area contributed by atoms with Crippen molar-refractivity contribution < 1.29 is 14.3 Å². The van der Waals surface area contributed by atoms with Gasteiger partial charge in [-0.15, -0.1) is 10.2 Å². The van der Waals surface area contributed by atoms with Gasteiger partial charge in [-0.2, -0.15) is 0 Å². The highest BCUT2D eigenvalue weighted by molar-refractivity contribution is 8.01. The van der Waals surface area contributed by atoms with Gasteiger partial charge >= 0.3 is 5.97 Å². The lowest BCUT2D eigenvalue weighted by atomic mass is 10.7. The SMILES string of the molecule is CCOC(=O)CSc1nnc(NC(C)=O)s1. The van der Waals surface area contributed by atoms with Crippen molar-refractivity contribution in [2.24, 2.45) is 0 Å². The van der Waals surface area contributed by atoms with E-state index in [2.05, 4.69) is 15.5 Å². The molecule has 1 amide bonds. The van der Waals surface area contributed by atoms with Gasteiger partial charge in [-0.1, -0.05) is 23.1 Å². The topological polar surface area (TPSA) is 81.2 Å². The fourth-order valence-electron chi connectivity index (χ4n) is 0.793. The summed E-state index contributed by atoms with van der Waals surface area (Å²) in [5, 5.41) is 10.5. The molecule has 0 spiro atoms. The summed E-state index contributed by atoms with van der Waals surface area (Å²) >= 11 is 2.46. The molecule has 0 atom stereocenters. The molecule has 0 fully saturated rings. The van der Waals surface area contributed by atoms with E-state index in [-0.39, 0.29) is 17.6 Å². The second kappa shape index (κ2) is 6.44. The highest BCUT2D eigenvalue weighted by atomic mass is 32.2. The highest BCUT2D eigenvalue weighted by Gasteiger charge is 2.08. The number of hydrogen-bond donors (Lipinski definition) is 1. The van der Waals surface area contributed by atoms with E-state index in [1.165, 1.54) is 30.0 Å². The van der Waals surface area contributed by atoms with Crippen LogP contribution >= 0.6 is 23.1 Å². The maximum Gasteiger partial charge on any atom is 0.316 e. The van der Waals surface area contributed by atoms with Gasteiger partial charge in [-0.05, 0) is 6.92 Å². The first-order valence-corrected chi connectivity index (χ1v) is 6.31.